The van der Waals surface area contributed by atoms with Gasteiger partial charge in [-0.25, -0.2) is 9.38 Å². The van der Waals surface area contributed by atoms with Gasteiger partial charge in [-0.3, -0.25) is 0 Å². The zero-order chi connectivity index (χ0) is 18.9. The highest BCUT2D eigenvalue weighted by atomic mass is 127. The van der Waals surface area contributed by atoms with Crippen LogP contribution in [0.25, 0.3) is 0 Å². The Kier molecular flexibility index (Phi) is 9.70. The number of ether oxygens (including phenoxy) is 1. The topological polar surface area (TPSA) is 45.7 Å². The number of rotatable bonds is 6. The summed E-state index contributed by atoms with van der Waals surface area (Å²) in [5.41, 5.74) is 1.81. The van der Waals surface area contributed by atoms with Gasteiger partial charge in [0.2, 0.25) is 0 Å². The minimum Gasteiger partial charge on any atom is -0.373 e. The third kappa shape index (κ3) is 6.44. The first-order valence-corrected chi connectivity index (χ1v) is 9.70. The first-order valence-electron chi connectivity index (χ1n) is 9.70. The Morgan fingerprint density at radius 2 is 1.86 bits per heavy atom. The monoisotopic (exact) mass is 497 g/mol. The molecular weight excluding hydrogens is 468 g/mol. The summed E-state index contributed by atoms with van der Waals surface area (Å²) in [4.78, 5) is 4.54. The highest BCUT2D eigenvalue weighted by Gasteiger charge is 2.27. The van der Waals surface area contributed by atoms with E-state index in [2.05, 4.69) is 39.9 Å². The third-order valence-electron chi connectivity index (χ3n) is 4.81. The lowest BCUT2D eigenvalue weighted by Gasteiger charge is -2.32. The van der Waals surface area contributed by atoms with Crippen LogP contribution >= 0.6 is 24.0 Å². The van der Waals surface area contributed by atoms with Crippen LogP contribution in [0.15, 0.2) is 59.6 Å². The van der Waals surface area contributed by atoms with Crippen molar-refractivity contribution in [3.63, 3.8) is 0 Å². The van der Waals surface area contributed by atoms with Gasteiger partial charge in [-0.15, -0.1) is 24.0 Å². The van der Waals surface area contributed by atoms with Crippen molar-refractivity contribution in [2.75, 3.05) is 19.7 Å². The Morgan fingerprint density at radius 1 is 1.11 bits per heavy atom. The van der Waals surface area contributed by atoms with E-state index >= 15 is 0 Å². The highest BCUT2D eigenvalue weighted by molar-refractivity contribution is 14.0. The molecule has 2 atom stereocenters. The number of halogens is 2. The van der Waals surface area contributed by atoms with E-state index in [1.54, 1.807) is 12.1 Å². The summed E-state index contributed by atoms with van der Waals surface area (Å²) >= 11 is 0. The summed E-state index contributed by atoms with van der Waals surface area (Å²) in [6, 6.07) is 17.1. The first kappa shape index (κ1) is 22.6. The predicted octanol–water partition coefficient (Wildman–Crippen LogP) is 4.67. The molecule has 0 amide bonds. The van der Waals surface area contributed by atoms with Crippen molar-refractivity contribution in [2.24, 2.45) is 10.9 Å². The minimum absolute atomic E-state index is 0. The molecule has 4 nitrogen and oxygen atoms in total. The van der Waals surface area contributed by atoms with E-state index in [9.17, 15) is 4.39 Å². The molecule has 3 rings (SSSR count). The number of aliphatic imine (C=N–C) groups is 1. The molecule has 1 aliphatic rings. The Hall–Kier alpha value is -1.67. The number of hydrogen-bond donors (Lipinski definition) is 2. The molecule has 0 spiro atoms. The van der Waals surface area contributed by atoms with E-state index in [1.165, 1.54) is 11.6 Å². The quantitative estimate of drug-likeness (QED) is 0.347. The third-order valence-corrected chi connectivity index (χ3v) is 4.81. The summed E-state index contributed by atoms with van der Waals surface area (Å²) in [7, 11) is 0. The zero-order valence-electron chi connectivity index (χ0n) is 16.2. The molecule has 2 aromatic rings. The van der Waals surface area contributed by atoms with E-state index in [0.29, 0.717) is 24.0 Å². The Bertz CT molecular complexity index is 742. The van der Waals surface area contributed by atoms with Crippen LogP contribution < -0.4 is 10.6 Å². The van der Waals surface area contributed by atoms with Gasteiger partial charge in [0.1, 0.15) is 5.82 Å². The van der Waals surface area contributed by atoms with Crippen molar-refractivity contribution < 1.29 is 9.13 Å². The number of hydrogen-bond acceptors (Lipinski definition) is 2. The summed E-state index contributed by atoms with van der Waals surface area (Å²) in [5, 5.41) is 6.66. The molecule has 0 aromatic heterocycles. The van der Waals surface area contributed by atoms with Gasteiger partial charge in [-0.1, -0.05) is 48.5 Å². The first-order chi connectivity index (χ1) is 13.3. The van der Waals surface area contributed by atoms with E-state index in [4.69, 9.17) is 4.74 Å². The Labute approximate surface area is 184 Å². The minimum atomic E-state index is -0.220. The van der Waals surface area contributed by atoms with Crippen LogP contribution in [0.3, 0.4) is 0 Å². The maximum atomic E-state index is 13.8. The maximum absolute atomic E-state index is 13.8. The average molecular weight is 497 g/mol. The van der Waals surface area contributed by atoms with Crippen LogP contribution in [-0.4, -0.2) is 25.7 Å². The van der Waals surface area contributed by atoms with E-state index in [0.717, 1.165) is 32.5 Å². The van der Waals surface area contributed by atoms with Gasteiger partial charge in [0.05, 0.1) is 12.6 Å². The molecule has 2 unspecified atom stereocenters. The molecule has 2 aromatic carbocycles. The van der Waals surface area contributed by atoms with Crippen molar-refractivity contribution in [3.8, 4) is 0 Å². The summed E-state index contributed by atoms with van der Waals surface area (Å²) in [5.74, 6) is 0.860. The number of guanidine groups is 1. The second-order valence-corrected chi connectivity index (χ2v) is 6.77. The molecule has 1 saturated heterocycles. The molecule has 0 bridgehead atoms. The van der Waals surface area contributed by atoms with Crippen LogP contribution in [-0.2, 0) is 11.3 Å². The van der Waals surface area contributed by atoms with Crippen molar-refractivity contribution in [2.45, 2.75) is 32.4 Å². The van der Waals surface area contributed by atoms with Crippen LogP contribution in [0.2, 0.25) is 0 Å². The summed E-state index contributed by atoms with van der Waals surface area (Å²) in [6.07, 6.45) is 2.28. The molecule has 1 fully saturated rings. The smallest absolute Gasteiger partial charge is 0.191 e. The Morgan fingerprint density at radius 3 is 2.61 bits per heavy atom. The second-order valence-electron chi connectivity index (χ2n) is 6.77. The van der Waals surface area contributed by atoms with Crippen LogP contribution in [0.4, 0.5) is 4.39 Å². The van der Waals surface area contributed by atoms with Crippen molar-refractivity contribution >= 4 is 29.9 Å². The lowest BCUT2D eigenvalue weighted by atomic mass is 9.89. The van der Waals surface area contributed by atoms with Gasteiger partial charge in [0.25, 0.3) is 0 Å². The normalized spacial score (nSPS) is 19.6. The zero-order valence-corrected chi connectivity index (χ0v) is 18.6. The standard InChI is InChI=1S/C22H28FN3O.HI/c1-2-24-22(25-15-18-11-6-7-13-20(18)23)26-16-19-12-8-14-27-21(19)17-9-4-3-5-10-17;/h3-7,9-11,13,19,21H,2,8,12,14-16H2,1H3,(H2,24,25,26);1H. The molecular formula is C22H29FIN3O. The summed E-state index contributed by atoms with van der Waals surface area (Å²) in [6.45, 7) is 4.66. The van der Waals surface area contributed by atoms with Gasteiger partial charge >= 0.3 is 0 Å². The fourth-order valence-corrected chi connectivity index (χ4v) is 3.42. The van der Waals surface area contributed by atoms with Crippen LogP contribution in [0.5, 0.6) is 0 Å². The van der Waals surface area contributed by atoms with Crippen LogP contribution in [0.1, 0.15) is 37.0 Å². The van der Waals surface area contributed by atoms with Crippen molar-refractivity contribution in [1.82, 2.24) is 10.6 Å². The molecule has 0 radical (unpaired) electrons. The summed E-state index contributed by atoms with van der Waals surface area (Å²) < 4.78 is 19.9. The molecule has 0 saturated carbocycles. The highest BCUT2D eigenvalue weighted by Crippen LogP contribution is 2.33. The molecule has 6 heteroatoms. The molecule has 1 heterocycles. The van der Waals surface area contributed by atoms with Gasteiger partial charge < -0.3 is 15.4 Å². The van der Waals surface area contributed by atoms with Gasteiger partial charge in [-0.05, 0) is 31.4 Å². The van der Waals surface area contributed by atoms with E-state index in [-0.39, 0.29) is 35.9 Å². The molecule has 0 aliphatic carbocycles. The van der Waals surface area contributed by atoms with Gasteiger partial charge in [-0.2, -0.15) is 0 Å². The molecule has 2 N–H and O–H groups in total. The predicted molar refractivity (Wildman–Crippen MR) is 122 cm³/mol. The number of nitrogens with zero attached hydrogens (tertiary/aromatic N) is 1. The van der Waals surface area contributed by atoms with Gasteiger partial charge in [0, 0.05) is 31.2 Å². The lowest BCUT2D eigenvalue weighted by molar-refractivity contribution is -0.0265. The van der Waals surface area contributed by atoms with Crippen LogP contribution in [0, 0.1) is 11.7 Å². The molecule has 1 aliphatic heterocycles. The largest absolute Gasteiger partial charge is 0.373 e. The molecule has 152 valence electrons. The number of nitrogens with one attached hydrogen (secondary N) is 2. The van der Waals surface area contributed by atoms with E-state index < -0.39 is 0 Å². The number of benzene rings is 2. The lowest BCUT2D eigenvalue weighted by Crippen LogP contribution is -2.42. The molecule has 28 heavy (non-hydrogen) atoms. The average Bonchev–Trinajstić information content (AvgIpc) is 2.72. The van der Waals surface area contributed by atoms with Gasteiger partial charge in [0.15, 0.2) is 5.96 Å². The second kappa shape index (κ2) is 12.0. The van der Waals surface area contributed by atoms with Crippen molar-refractivity contribution in [1.29, 1.82) is 0 Å². The SMILES string of the molecule is CCNC(=NCc1ccccc1F)NCC1CCCOC1c1ccccc1.I. The Balaban J connectivity index is 0.00000280. The maximum Gasteiger partial charge on any atom is 0.191 e. The fourth-order valence-electron chi connectivity index (χ4n) is 3.42. The van der Waals surface area contributed by atoms with E-state index in [1.807, 2.05) is 19.1 Å². The van der Waals surface area contributed by atoms with Crippen molar-refractivity contribution in [3.05, 3.63) is 71.5 Å². The fraction of sp³-hybridized carbons (Fsp3) is 0.409.